The molecule has 0 saturated heterocycles. The van der Waals surface area contributed by atoms with Gasteiger partial charge in [-0.3, -0.25) is 4.79 Å². The van der Waals surface area contributed by atoms with Gasteiger partial charge in [0.2, 0.25) is 0 Å². The summed E-state index contributed by atoms with van der Waals surface area (Å²) in [5.74, 6) is -0.298. The lowest BCUT2D eigenvalue weighted by Gasteiger charge is -2.03. The topological polar surface area (TPSA) is 63.3 Å². The Balaban J connectivity index is 2.20. The Morgan fingerprint density at radius 2 is 2.35 bits per heavy atom. The van der Waals surface area contributed by atoms with E-state index in [0.29, 0.717) is 28.4 Å². The van der Waals surface area contributed by atoms with Crippen LogP contribution in [0.5, 0.6) is 0 Å². The minimum Gasteiger partial charge on any atom is -0.481 e. The maximum atomic E-state index is 10.6. The summed E-state index contributed by atoms with van der Waals surface area (Å²) >= 11 is 5.96. The minimum atomic E-state index is -0.813. The van der Waals surface area contributed by atoms with Crippen molar-refractivity contribution in [3.8, 4) is 0 Å². The van der Waals surface area contributed by atoms with Crippen LogP contribution < -0.4 is 0 Å². The highest BCUT2D eigenvalue weighted by Crippen LogP contribution is 2.25. The highest BCUT2D eigenvalue weighted by molar-refractivity contribution is 6.34. The van der Waals surface area contributed by atoms with Gasteiger partial charge in [0.25, 0.3) is 0 Å². The van der Waals surface area contributed by atoms with Crippen molar-refractivity contribution in [2.45, 2.75) is 19.8 Å². The first-order valence-corrected chi connectivity index (χ1v) is 5.70. The van der Waals surface area contributed by atoms with Crippen molar-refractivity contribution in [3.05, 3.63) is 29.1 Å². The second-order valence-corrected chi connectivity index (χ2v) is 4.51. The predicted molar refractivity (Wildman–Crippen MR) is 64.1 cm³/mol. The fourth-order valence-electron chi connectivity index (χ4n) is 1.72. The first-order chi connectivity index (χ1) is 8.06. The number of halogens is 1. The maximum absolute atomic E-state index is 10.6. The van der Waals surface area contributed by atoms with Gasteiger partial charge in [0.05, 0.1) is 5.02 Å². The summed E-state index contributed by atoms with van der Waals surface area (Å²) in [5.41, 5.74) is 1.27. The minimum absolute atomic E-state index is 0.0145. The molecule has 90 valence electrons. The molecule has 5 heteroatoms. The third-order valence-electron chi connectivity index (χ3n) is 2.46. The van der Waals surface area contributed by atoms with Crippen molar-refractivity contribution in [2.75, 3.05) is 0 Å². The van der Waals surface area contributed by atoms with Gasteiger partial charge in [-0.05, 0) is 18.1 Å². The molecule has 2 rings (SSSR count). The van der Waals surface area contributed by atoms with Crippen molar-refractivity contribution in [1.29, 1.82) is 0 Å². The fourth-order valence-corrected chi connectivity index (χ4v) is 1.93. The number of hydrogen-bond donors (Lipinski definition) is 1. The smallest absolute Gasteiger partial charge is 0.303 e. The van der Waals surface area contributed by atoms with Crippen LogP contribution >= 0.6 is 11.6 Å². The Labute approximate surface area is 103 Å². The number of aromatic nitrogens is 1. The van der Waals surface area contributed by atoms with Gasteiger partial charge in [0.1, 0.15) is 5.52 Å². The summed E-state index contributed by atoms with van der Waals surface area (Å²) in [6.07, 6.45) is 0.601. The average Bonchev–Trinajstić information content (AvgIpc) is 2.60. The molecular weight excluding hydrogens is 242 g/mol. The number of benzene rings is 1. The van der Waals surface area contributed by atoms with E-state index in [9.17, 15) is 4.79 Å². The molecule has 0 amide bonds. The predicted octanol–water partition coefficient (Wildman–Crippen LogP) is 3.13. The van der Waals surface area contributed by atoms with Gasteiger partial charge in [-0.2, -0.15) is 0 Å². The zero-order chi connectivity index (χ0) is 12.4. The molecule has 0 aliphatic carbocycles. The summed E-state index contributed by atoms with van der Waals surface area (Å²) in [4.78, 5) is 14.8. The largest absolute Gasteiger partial charge is 0.481 e. The van der Waals surface area contributed by atoms with Gasteiger partial charge in [-0.25, -0.2) is 4.98 Å². The normalized spacial score (nSPS) is 12.8. The lowest BCUT2D eigenvalue weighted by Crippen LogP contribution is -2.07. The summed E-state index contributed by atoms with van der Waals surface area (Å²) in [7, 11) is 0. The van der Waals surface area contributed by atoms with Crippen LogP contribution in [0.25, 0.3) is 11.1 Å². The van der Waals surface area contributed by atoms with E-state index in [1.165, 1.54) is 0 Å². The number of oxazole rings is 1. The van der Waals surface area contributed by atoms with E-state index >= 15 is 0 Å². The van der Waals surface area contributed by atoms with Crippen LogP contribution in [0.4, 0.5) is 0 Å². The zero-order valence-electron chi connectivity index (χ0n) is 9.31. The van der Waals surface area contributed by atoms with Gasteiger partial charge >= 0.3 is 5.97 Å². The molecule has 0 saturated carbocycles. The fraction of sp³-hybridized carbons (Fsp3) is 0.333. The van der Waals surface area contributed by atoms with Gasteiger partial charge in [0.15, 0.2) is 11.5 Å². The zero-order valence-corrected chi connectivity index (χ0v) is 10.1. The lowest BCUT2D eigenvalue weighted by atomic mass is 10.0. The van der Waals surface area contributed by atoms with Gasteiger partial charge in [-0.15, -0.1) is 0 Å². The van der Waals surface area contributed by atoms with Gasteiger partial charge < -0.3 is 9.52 Å². The second kappa shape index (κ2) is 4.75. The number of rotatable bonds is 4. The molecule has 4 nitrogen and oxygen atoms in total. The van der Waals surface area contributed by atoms with E-state index in [2.05, 4.69) is 4.98 Å². The molecule has 1 N–H and O–H groups in total. The molecule has 0 aliphatic rings. The number of para-hydroxylation sites is 1. The van der Waals surface area contributed by atoms with E-state index in [0.717, 1.165) is 0 Å². The van der Waals surface area contributed by atoms with Crippen LogP contribution in [-0.4, -0.2) is 16.1 Å². The number of aliphatic carboxylic acids is 1. The molecule has 17 heavy (non-hydrogen) atoms. The molecule has 2 aromatic rings. The third-order valence-corrected chi connectivity index (χ3v) is 2.76. The third kappa shape index (κ3) is 2.77. The highest BCUT2D eigenvalue weighted by atomic mass is 35.5. The molecule has 1 aromatic heterocycles. The van der Waals surface area contributed by atoms with Gasteiger partial charge in [-0.1, -0.05) is 24.6 Å². The Kier molecular flexibility index (Phi) is 3.33. The van der Waals surface area contributed by atoms with Crippen LogP contribution in [0.2, 0.25) is 5.02 Å². The Morgan fingerprint density at radius 1 is 1.59 bits per heavy atom. The molecule has 0 radical (unpaired) electrons. The number of nitrogens with zero attached hydrogens (tertiary/aromatic N) is 1. The van der Waals surface area contributed by atoms with Crippen LogP contribution in [0.1, 0.15) is 19.2 Å². The van der Waals surface area contributed by atoms with E-state index in [4.69, 9.17) is 21.1 Å². The molecule has 0 spiro atoms. The first-order valence-electron chi connectivity index (χ1n) is 5.32. The average molecular weight is 254 g/mol. The van der Waals surface area contributed by atoms with E-state index in [1.54, 1.807) is 12.1 Å². The maximum Gasteiger partial charge on any atom is 0.303 e. The molecule has 1 unspecified atom stereocenters. The highest BCUT2D eigenvalue weighted by Gasteiger charge is 2.14. The number of carbonyl (C=O) groups is 1. The van der Waals surface area contributed by atoms with Gasteiger partial charge in [0, 0.05) is 12.8 Å². The van der Waals surface area contributed by atoms with E-state index in [1.807, 2.05) is 13.0 Å². The molecule has 1 heterocycles. The SMILES string of the molecule is CC(CC(=O)O)Cc1nc2cccc(Cl)c2o1. The summed E-state index contributed by atoms with van der Waals surface area (Å²) in [5, 5.41) is 9.19. The van der Waals surface area contributed by atoms with Crippen LogP contribution in [0, 0.1) is 5.92 Å². The van der Waals surface area contributed by atoms with E-state index < -0.39 is 5.97 Å². The summed E-state index contributed by atoms with van der Waals surface area (Å²) in [6.45, 7) is 1.85. The lowest BCUT2D eigenvalue weighted by molar-refractivity contribution is -0.137. The first kappa shape index (κ1) is 11.9. The van der Waals surface area contributed by atoms with Crippen LogP contribution in [0.15, 0.2) is 22.6 Å². The second-order valence-electron chi connectivity index (χ2n) is 4.10. The van der Waals surface area contributed by atoms with Crippen LogP contribution in [0.3, 0.4) is 0 Å². The van der Waals surface area contributed by atoms with Crippen molar-refractivity contribution in [1.82, 2.24) is 4.98 Å². The molecule has 1 aromatic carbocycles. The molecule has 0 bridgehead atoms. The number of fused-ring (bicyclic) bond motifs is 1. The van der Waals surface area contributed by atoms with Crippen molar-refractivity contribution in [3.63, 3.8) is 0 Å². The molecule has 1 atom stereocenters. The molecular formula is C12H12ClNO3. The number of hydrogen-bond acceptors (Lipinski definition) is 3. The standard InChI is InChI=1S/C12H12ClNO3/c1-7(6-11(15)16)5-10-14-9-4-2-3-8(13)12(9)17-10/h2-4,7H,5-6H2,1H3,(H,15,16). The van der Waals surface area contributed by atoms with E-state index in [-0.39, 0.29) is 12.3 Å². The Hall–Kier alpha value is -1.55. The summed E-state index contributed by atoms with van der Waals surface area (Å²) < 4.78 is 5.52. The molecule has 0 aliphatic heterocycles. The molecule has 0 fully saturated rings. The monoisotopic (exact) mass is 253 g/mol. The van der Waals surface area contributed by atoms with Crippen molar-refractivity contribution in [2.24, 2.45) is 5.92 Å². The summed E-state index contributed by atoms with van der Waals surface area (Å²) in [6, 6.07) is 5.35. The number of carboxylic acid groups (broad SMARTS) is 1. The van der Waals surface area contributed by atoms with Crippen LogP contribution in [-0.2, 0) is 11.2 Å². The quantitative estimate of drug-likeness (QED) is 0.909. The Bertz CT molecular complexity index is 550. The van der Waals surface area contributed by atoms with Crippen molar-refractivity contribution >= 4 is 28.7 Å². The number of carboxylic acids is 1. The Morgan fingerprint density at radius 3 is 3.00 bits per heavy atom. The van der Waals surface area contributed by atoms with Crippen molar-refractivity contribution < 1.29 is 14.3 Å².